The largest absolute Gasteiger partial charge is 0.264 e. The Bertz CT molecular complexity index is 2860. The molecule has 58 heavy (non-hydrogen) atoms. The Labute approximate surface area is 342 Å². The molecule has 0 amide bonds. The summed E-state index contributed by atoms with van der Waals surface area (Å²) in [5.74, 6) is 0. The highest BCUT2D eigenvalue weighted by Crippen LogP contribution is 2.39. The van der Waals surface area contributed by atoms with Gasteiger partial charge in [-0.25, -0.2) is 0 Å². The number of fused-ring (bicyclic) bond motifs is 6. The van der Waals surface area contributed by atoms with Crippen molar-refractivity contribution < 1.29 is 0 Å². The van der Waals surface area contributed by atoms with Crippen molar-refractivity contribution in [1.29, 1.82) is 0 Å². The number of aromatic nitrogens is 3. The summed E-state index contributed by atoms with van der Waals surface area (Å²) in [6.07, 6.45) is 18.9. The molecule has 3 heterocycles. The molecule has 1 aliphatic rings. The van der Waals surface area contributed by atoms with E-state index in [2.05, 4.69) is 169 Å². The normalized spacial score (nSPS) is 12.9. The molecule has 3 nitrogen and oxygen atoms in total. The Morgan fingerprint density at radius 2 is 0.897 bits per heavy atom. The second kappa shape index (κ2) is 15.0. The van der Waals surface area contributed by atoms with E-state index in [-0.39, 0.29) is 10.8 Å². The SMILES string of the molecule is CC(C)(C)c1cncc(-c2ccccc2-c2cc(CCc3cnc4c(c3)c3c(c5ccccc54)=CCCC=3)cc(-c3ccccc3-c3cncc(C(C)(C)C)c3)c2)c1. The summed E-state index contributed by atoms with van der Waals surface area (Å²) in [4.78, 5) is 14.6. The first-order chi connectivity index (χ1) is 28.0. The molecule has 5 aromatic carbocycles. The van der Waals surface area contributed by atoms with Gasteiger partial charge in [0, 0.05) is 52.9 Å². The molecule has 0 fully saturated rings. The molecule has 3 aromatic heterocycles. The van der Waals surface area contributed by atoms with Crippen molar-refractivity contribution in [3.8, 4) is 44.5 Å². The fraction of sp³-hybridized carbons (Fsp3) is 0.218. The lowest BCUT2D eigenvalue weighted by Crippen LogP contribution is -2.28. The number of hydrogen-bond acceptors (Lipinski definition) is 3. The highest BCUT2D eigenvalue weighted by molar-refractivity contribution is 6.06. The molecular formula is C55H51N3. The standard InChI is InChI=1S/C55H51N3/c1-54(2,3)42-29-40(32-56-34-42)46-17-9-7-15-44(46)38-25-36(26-39(28-38)45-16-8-10-18-47(45)41-30-43(35-57-33-41)55(4,5)6)23-24-37-27-52-50-21-12-11-19-48(50)49-20-13-14-22-51(49)53(52)58-31-37/h7-10,13-22,25-35H,11-12,23-24H2,1-6H3. The fourth-order valence-corrected chi connectivity index (χ4v) is 8.58. The van der Waals surface area contributed by atoms with Gasteiger partial charge in [-0.2, -0.15) is 0 Å². The maximum Gasteiger partial charge on any atom is 0.0786 e. The average molecular weight is 754 g/mol. The average Bonchev–Trinajstić information content (AvgIpc) is 3.25. The molecule has 0 aliphatic heterocycles. The van der Waals surface area contributed by atoms with Gasteiger partial charge in [0.15, 0.2) is 0 Å². The van der Waals surface area contributed by atoms with Crippen LogP contribution in [0.2, 0.25) is 0 Å². The van der Waals surface area contributed by atoms with Gasteiger partial charge in [-0.3, -0.25) is 15.0 Å². The number of pyridine rings is 3. The van der Waals surface area contributed by atoms with Crippen LogP contribution in [0.25, 0.3) is 78.3 Å². The van der Waals surface area contributed by atoms with Crippen LogP contribution in [0.1, 0.15) is 76.6 Å². The molecule has 1 aliphatic carbocycles. The second-order valence-corrected chi connectivity index (χ2v) is 18.0. The molecule has 0 N–H and O–H groups in total. The first kappa shape index (κ1) is 37.4. The Kier molecular flexibility index (Phi) is 9.64. The zero-order valence-corrected chi connectivity index (χ0v) is 34.6. The summed E-state index contributed by atoms with van der Waals surface area (Å²) in [6.45, 7) is 13.5. The molecule has 9 rings (SSSR count). The summed E-state index contributed by atoms with van der Waals surface area (Å²) in [5, 5.41) is 6.48. The number of nitrogens with zero attached hydrogens (tertiary/aromatic N) is 3. The molecule has 0 saturated carbocycles. The molecule has 0 unspecified atom stereocenters. The van der Waals surface area contributed by atoms with Crippen LogP contribution in [-0.2, 0) is 23.7 Å². The minimum atomic E-state index is -0.00575. The van der Waals surface area contributed by atoms with Crippen molar-refractivity contribution in [3.63, 3.8) is 0 Å². The zero-order chi connectivity index (χ0) is 40.0. The smallest absolute Gasteiger partial charge is 0.0786 e. The predicted molar refractivity (Wildman–Crippen MR) is 245 cm³/mol. The molecule has 0 radical (unpaired) electrons. The number of rotatable bonds is 7. The van der Waals surface area contributed by atoms with E-state index in [0.717, 1.165) is 42.3 Å². The summed E-state index contributed by atoms with van der Waals surface area (Å²) in [5.41, 5.74) is 15.5. The van der Waals surface area contributed by atoms with E-state index < -0.39 is 0 Å². The van der Waals surface area contributed by atoms with Gasteiger partial charge in [0.1, 0.15) is 0 Å². The molecular weight excluding hydrogens is 703 g/mol. The second-order valence-electron chi connectivity index (χ2n) is 18.0. The highest BCUT2D eigenvalue weighted by atomic mass is 14.7. The van der Waals surface area contributed by atoms with Crippen LogP contribution < -0.4 is 10.4 Å². The lowest BCUT2D eigenvalue weighted by atomic mass is 9.85. The molecule has 0 atom stereocenters. The molecule has 0 spiro atoms. The third-order valence-electron chi connectivity index (χ3n) is 11.9. The fourth-order valence-electron chi connectivity index (χ4n) is 8.58. The third kappa shape index (κ3) is 7.26. The molecule has 8 aromatic rings. The van der Waals surface area contributed by atoms with Gasteiger partial charge >= 0.3 is 0 Å². The monoisotopic (exact) mass is 753 g/mol. The molecule has 0 bridgehead atoms. The van der Waals surface area contributed by atoms with Crippen LogP contribution in [0.15, 0.2) is 140 Å². The van der Waals surface area contributed by atoms with Crippen LogP contribution in [0.4, 0.5) is 0 Å². The van der Waals surface area contributed by atoms with Gasteiger partial charge in [0.25, 0.3) is 0 Å². The van der Waals surface area contributed by atoms with E-state index >= 15 is 0 Å². The van der Waals surface area contributed by atoms with Crippen molar-refractivity contribution in [2.75, 3.05) is 0 Å². The van der Waals surface area contributed by atoms with Gasteiger partial charge in [-0.15, -0.1) is 0 Å². The van der Waals surface area contributed by atoms with Gasteiger partial charge in [-0.05, 0) is 132 Å². The van der Waals surface area contributed by atoms with E-state index in [1.807, 2.05) is 24.8 Å². The topological polar surface area (TPSA) is 38.7 Å². The lowest BCUT2D eigenvalue weighted by molar-refractivity contribution is 0.587. The third-order valence-corrected chi connectivity index (χ3v) is 11.9. The Morgan fingerprint density at radius 1 is 0.431 bits per heavy atom. The lowest BCUT2D eigenvalue weighted by Gasteiger charge is -2.21. The minimum Gasteiger partial charge on any atom is -0.264 e. The quantitative estimate of drug-likeness (QED) is 0.152. The zero-order valence-electron chi connectivity index (χ0n) is 34.6. The predicted octanol–water partition coefficient (Wildman–Crippen LogP) is 12.6. The van der Waals surface area contributed by atoms with Gasteiger partial charge in [0.2, 0.25) is 0 Å². The van der Waals surface area contributed by atoms with Gasteiger partial charge in [0.05, 0.1) is 5.52 Å². The van der Waals surface area contributed by atoms with E-state index in [1.54, 1.807) is 0 Å². The van der Waals surface area contributed by atoms with Crippen molar-refractivity contribution in [1.82, 2.24) is 15.0 Å². The van der Waals surface area contributed by atoms with Crippen molar-refractivity contribution in [2.45, 2.75) is 78.1 Å². The van der Waals surface area contributed by atoms with E-state index in [4.69, 9.17) is 15.0 Å². The minimum absolute atomic E-state index is 0.00575. The molecule has 3 heteroatoms. The summed E-state index contributed by atoms with van der Waals surface area (Å²) in [7, 11) is 0. The molecule has 0 saturated heterocycles. The number of benzene rings is 5. The Balaban J connectivity index is 1.17. The first-order valence-corrected chi connectivity index (χ1v) is 20.8. The van der Waals surface area contributed by atoms with Crippen LogP contribution in [0.3, 0.4) is 0 Å². The van der Waals surface area contributed by atoms with E-state index in [1.165, 1.54) is 82.2 Å². The van der Waals surface area contributed by atoms with E-state index in [0.29, 0.717) is 0 Å². The van der Waals surface area contributed by atoms with Crippen LogP contribution in [0, 0.1) is 0 Å². The number of aryl methyl sites for hydroxylation is 2. The first-order valence-electron chi connectivity index (χ1n) is 20.8. The van der Waals surface area contributed by atoms with Crippen molar-refractivity contribution in [3.05, 3.63) is 173 Å². The maximum absolute atomic E-state index is 5.15. The van der Waals surface area contributed by atoms with Crippen molar-refractivity contribution in [2.24, 2.45) is 0 Å². The Hall–Kier alpha value is -6.19. The highest BCUT2D eigenvalue weighted by Gasteiger charge is 2.19. The molecule has 286 valence electrons. The summed E-state index contributed by atoms with van der Waals surface area (Å²) < 4.78 is 0. The van der Waals surface area contributed by atoms with Crippen molar-refractivity contribution >= 4 is 33.8 Å². The maximum atomic E-state index is 5.15. The Morgan fingerprint density at radius 3 is 1.43 bits per heavy atom. The summed E-state index contributed by atoms with van der Waals surface area (Å²) >= 11 is 0. The summed E-state index contributed by atoms with van der Waals surface area (Å²) in [6, 6.07) is 40.6. The van der Waals surface area contributed by atoms with E-state index in [9.17, 15) is 0 Å². The van der Waals surface area contributed by atoms with Crippen LogP contribution >= 0.6 is 0 Å². The van der Waals surface area contributed by atoms with Crippen LogP contribution in [0.5, 0.6) is 0 Å². The number of hydrogen-bond donors (Lipinski definition) is 0. The van der Waals surface area contributed by atoms with Gasteiger partial charge in [-0.1, -0.05) is 139 Å². The van der Waals surface area contributed by atoms with Crippen LogP contribution in [-0.4, -0.2) is 15.0 Å². The van der Waals surface area contributed by atoms with Gasteiger partial charge < -0.3 is 0 Å².